The van der Waals surface area contributed by atoms with E-state index in [1.165, 1.54) is 263 Å². The van der Waals surface area contributed by atoms with Crippen molar-refractivity contribution in [2.75, 3.05) is 19.7 Å². The van der Waals surface area contributed by atoms with Gasteiger partial charge in [-0.05, 0) is 64.3 Å². The van der Waals surface area contributed by atoms with Gasteiger partial charge >= 0.3 is 11.9 Å². The lowest BCUT2D eigenvalue weighted by Gasteiger charge is -2.16. The Morgan fingerprint density at radius 1 is 0.452 bits per heavy atom. The number of allylic oxidation sites excluding steroid dienone is 2. The topological polar surface area (TPSA) is 102 Å². The second-order valence-corrected chi connectivity index (χ2v) is 19.3. The SMILES string of the molecule is CCCCCCCCC=CCCCCCCCCOC(=O)CCCCCCCCCCCCCCCCCNC(CN)CCCCCCCCCCCCCCCCCC(=O)O. The standard InChI is InChI=1S/C56H110N2O4/c1-2-3-4-5-6-7-8-9-10-17-22-27-32-37-42-47-52-62-56(61)50-45-40-35-30-25-20-15-12-16-21-26-31-36-41-46-51-58-54(53-57)48-43-38-33-28-23-18-13-11-14-19-24-29-34-39-44-49-55(59)60/h9-10,54,58H,2-8,11-53,57H2,1H3,(H,59,60). The van der Waals surface area contributed by atoms with Crippen LogP contribution in [-0.2, 0) is 14.3 Å². The summed E-state index contributed by atoms with van der Waals surface area (Å²) in [6.07, 6.45) is 64.4. The molecule has 62 heavy (non-hydrogen) atoms. The monoisotopic (exact) mass is 875 g/mol. The van der Waals surface area contributed by atoms with Crippen LogP contribution in [0.5, 0.6) is 0 Å². The summed E-state index contributed by atoms with van der Waals surface area (Å²) in [6, 6.07) is 0.498. The quantitative estimate of drug-likeness (QED) is 0.0320. The first kappa shape index (κ1) is 60.6. The Labute approximate surface area is 387 Å². The second-order valence-electron chi connectivity index (χ2n) is 19.3. The minimum atomic E-state index is -0.658. The molecule has 0 aliphatic rings. The minimum absolute atomic E-state index is 0.0137. The third-order valence-corrected chi connectivity index (χ3v) is 13.1. The van der Waals surface area contributed by atoms with E-state index in [1.807, 2.05) is 0 Å². The fourth-order valence-electron chi connectivity index (χ4n) is 8.87. The van der Waals surface area contributed by atoms with Gasteiger partial charge in [0.1, 0.15) is 0 Å². The van der Waals surface area contributed by atoms with Gasteiger partial charge in [-0.3, -0.25) is 9.59 Å². The summed E-state index contributed by atoms with van der Waals surface area (Å²) in [7, 11) is 0. The Hall–Kier alpha value is -1.40. The van der Waals surface area contributed by atoms with Crippen molar-refractivity contribution in [3.8, 4) is 0 Å². The smallest absolute Gasteiger partial charge is 0.305 e. The van der Waals surface area contributed by atoms with Gasteiger partial charge in [-0.25, -0.2) is 0 Å². The van der Waals surface area contributed by atoms with Gasteiger partial charge < -0.3 is 20.9 Å². The van der Waals surface area contributed by atoms with Crippen LogP contribution < -0.4 is 11.1 Å². The lowest BCUT2D eigenvalue weighted by Crippen LogP contribution is -2.36. The van der Waals surface area contributed by atoms with Gasteiger partial charge in [-0.2, -0.15) is 0 Å². The highest BCUT2D eigenvalue weighted by Crippen LogP contribution is 2.17. The summed E-state index contributed by atoms with van der Waals surface area (Å²) in [4.78, 5) is 22.6. The Balaban J connectivity index is 3.29. The number of unbranched alkanes of at least 4 members (excludes halogenated alkanes) is 40. The van der Waals surface area contributed by atoms with Crippen LogP contribution in [0.4, 0.5) is 0 Å². The molecule has 0 saturated carbocycles. The normalized spacial score (nSPS) is 12.2. The third kappa shape index (κ3) is 52.9. The fraction of sp³-hybridized carbons (Fsp3) is 0.929. The maximum absolute atomic E-state index is 12.1. The van der Waals surface area contributed by atoms with Crippen LogP contribution in [0.25, 0.3) is 0 Å². The van der Waals surface area contributed by atoms with Crippen LogP contribution in [0, 0.1) is 0 Å². The predicted octanol–water partition coefficient (Wildman–Crippen LogP) is 17.4. The highest BCUT2D eigenvalue weighted by Gasteiger charge is 2.06. The molecule has 0 saturated heterocycles. The molecule has 0 spiro atoms. The number of hydrogen-bond acceptors (Lipinski definition) is 5. The van der Waals surface area contributed by atoms with Gasteiger partial charge in [-0.1, -0.05) is 250 Å². The zero-order valence-electron chi connectivity index (χ0n) is 41.8. The van der Waals surface area contributed by atoms with E-state index in [4.69, 9.17) is 15.6 Å². The average molecular weight is 876 g/mol. The number of nitrogens with two attached hydrogens (primary N) is 1. The summed E-state index contributed by atoms with van der Waals surface area (Å²) in [5.41, 5.74) is 6.08. The number of carbonyl (C=O) groups is 2. The van der Waals surface area contributed by atoms with Gasteiger partial charge in [0.25, 0.3) is 0 Å². The van der Waals surface area contributed by atoms with E-state index in [1.54, 1.807) is 0 Å². The Morgan fingerprint density at radius 3 is 1.19 bits per heavy atom. The van der Waals surface area contributed by atoms with Crippen molar-refractivity contribution in [1.82, 2.24) is 5.32 Å². The van der Waals surface area contributed by atoms with Crippen LogP contribution in [0.15, 0.2) is 12.2 Å². The summed E-state index contributed by atoms with van der Waals surface area (Å²) in [6.45, 7) is 4.78. The molecular weight excluding hydrogens is 765 g/mol. The molecule has 6 nitrogen and oxygen atoms in total. The molecule has 0 aromatic rings. The molecule has 0 aliphatic carbocycles. The first-order valence-corrected chi connectivity index (χ1v) is 28.1. The van der Waals surface area contributed by atoms with Gasteiger partial charge in [0.2, 0.25) is 0 Å². The van der Waals surface area contributed by atoms with E-state index in [0.29, 0.717) is 25.5 Å². The zero-order chi connectivity index (χ0) is 44.9. The number of hydrogen-bond donors (Lipinski definition) is 3. The van der Waals surface area contributed by atoms with E-state index in [2.05, 4.69) is 24.4 Å². The van der Waals surface area contributed by atoms with Crippen LogP contribution in [-0.4, -0.2) is 42.8 Å². The molecule has 1 atom stereocenters. The molecule has 0 aromatic heterocycles. The van der Waals surface area contributed by atoms with E-state index in [-0.39, 0.29) is 5.97 Å². The largest absolute Gasteiger partial charge is 0.481 e. The lowest BCUT2D eigenvalue weighted by atomic mass is 10.0. The first-order valence-electron chi connectivity index (χ1n) is 28.1. The Morgan fingerprint density at radius 2 is 0.790 bits per heavy atom. The number of ether oxygens (including phenoxy) is 1. The minimum Gasteiger partial charge on any atom is -0.481 e. The molecule has 0 bridgehead atoms. The highest BCUT2D eigenvalue weighted by molar-refractivity contribution is 5.69. The number of aliphatic carboxylic acids is 1. The molecular formula is C56H110N2O4. The molecule has 6 heteroatoms. The molecule has 0 aliphatic heterocycles. The number of carbonyl (C=O) groups excluding carboxylic acids is 1. The van der Waals surface area contributed by atoms with Crippen molar-refractivity contribution in [2.45, 2.75) is 315 Å². The molecule has 0 aromatic carbocycles. The second kappa shape index (κ2) is 53.9. The molecule has 0 radical (unpaired) electrons. The van der Waals surface area contributed by atoms with Crippen molar-refractivity contribution in [3.05, 3.63) is 12.2 Å². The zero-order valence-corrected chi connectivity index (χ0v) is 41.8. The van der Waals surface area contributed by atoms with Crippen LogP contribution >= 0.6 is 0 Å². The summed E-state index contributed by atoms with van der Waals surface area (Å²) >= 11 is 0. The van der Waals surface area contributed by atoms with Crippen molar-refractivity contribution in [2.24, 2.45) is 5.73 Å². The fourth-order valence-corrected chi connectivity index (χ4v) is 8.87. The maximum atomic E-state index is 12.1. The van der Waals surface area contributed by atoms with E-state index in [0.717, 1.165) is 38.8 Å². The molecule has 0 fully saturated rings. The van der Waals surface area contributed by atoms with Crippen LogP contribution in [0.3, 0.4) is 0 Å². The number of nitrogens with one attached hydrogen (secondary N) is 1. The summed E-state index contributed by atoms with van der Waals surface area (Å²) in [5.74, 6) is -0.644. The maximum Gasteiger partial charge on any atom is 0.305 e. The van der Waals surface area contributed by atoms with E-state index in [9.17, 15) is 9.59 Å². The van der Waals surface area contributed by atoms with E-state index < -0.39 is 5.97 Å². The molecule has 4 N–H and O–H groups in total. The van der Waals surface area contributed by atoms with Gasteiger partial charge in [0.15, 0.2) is 0 Å². The van der Waals surface area contributed by atoms with Gasteiger partial charge in [0, 0.05) is 25.4 Å². The molecule has 0 rings (SSSR count). The molecule has 0 heterocycles. The Kier molecular flexibility index (Phi) is 52.7. The number of carboxylic acid groups (broad SMARTS) is 1. The average Bonchev–Trinajstić information content (AvgIpc) is 3.27. The van der Waals surface area contributed by atoms with Crippen molar-refractivity contribution in [1.29, 1.82) is 0 Å². The Bertz CT molecular complexity index is 910. The number of esters is 1. The summed E-state index contributed by atoms with van der Waals surface area (Å²) in [5, 5.41) is 12.4. The molecule has 0 amide bonds. The third-order valence-electron chi connectivity index (χ3n) is 13.1. The van der Waals surface area contributed by atoms with Crippen LogP contribution in [0.1, 0.15) is 309 Å². The van der Waals surface area contributed by atoms with Gasteiger partial charge in [0.05, 0.1) is 6.61 Å². The summed E-state index contributed by atoms with van der Waals surface area (Å²) < 4.78 is 5.48. The van der Waals surface area contributed by atoms with Crippen molar-refractivity contribution < 1.29 is 19.4 Å². The van der Waals surface area contributed by atoms with Crippen LogP contribution in [0.2, 0.25) is 0 Å². The number of rotatable bonds is 54. The van der Waals surface area contributed by atoms with E-state index >= 15 is 0 Å². The predicted molar refractivity (Wildman–Crippen MR) is 271 cm³/mol. The van der Waals surface area contributed by atoms with Gasteiger partial charge in [-0.15, -0.1) is 0 Å². The van der Waals surface area contributed by atoms with Crippen molar-refractivity contribution in [3.63, 3.8) is 0 Å². The lowest BCUT2D eigenvalue weighted by molar-refractivity contribution is -0.144. The first-order chi connectivity index (χ1) is 30.6. The number of carboxylic acids is 1. The highest BCUT2D eigenvalue weighted by atomic mass is 16.5. The molecule has 1 unspecified atom stereocenters. The van der Waals surface area contributed by atoms with Crippen molar-refractivity contribution >= 4 is 11.9 Å². The molecule has 368 valence electrons.